The van der Waals surface area contributed by atoms with Crippen molar-refractivity contribution in [2.45, 2.75) is 6.10 Å². The Balaban J connectivity index is 2.50. The molecule has 0 fully saturated rings. The molecule has 0 aliphatic heterocycles. The lowest BCUT2D eigenvalue weighted by molar-refractivity contribution is 0.105. The molecule has 1 heterocycles. The quantitative estimate of drug-likeness (QED) is 0.469. The van der Waals surface area contributed by atoms with E-state index in [0.29, 0.717) is 11.5 Å². The van der Waals surface area contributed by atoms with E-state index >= 15 is 0 Å². The first kappa shape index (κ1) is 9.69. The highest BCUT2D eigenvalue weighted by Gasteiger charge is 2.03. The molecule has 0 unspecified atom stereocenters. The van der Waals surface area contributed by atoms with Gasteiger partial charge in [0.05, 0.1) is 24.6 Å². The van der Waals surface area contributed by atoms with Crippen molar-refractivity contribution >= 4 is 11.5 Å². The summed E-state index contributed by atoms with van der Waals surface area (Å²) in [6.45, 7) is -0.0876. The summed E-state index contributed by atoms with van der Waals surface area (Å²) in [6.07, 6.45) is 2.00. The predicted octanol–water partition coefficient (Wildman–Crippen LogP) is -1.18. The molecular formula is C7H12N4O2. The third-order valence-electron chi connectivity index (χ3n) is 1.46. The van der Waals surface area contributed by atoms with Crippen LogP contribution < -0.4 is 11.1 Å². The minimum atomic E-state index is -0.811. The fourth-order valence-corrected chi connectivity index (χ4v) is 0.767. The second-order valence-corrected chi connectivity index (χ2v) is 2.54. The van der Waals surface area contributed by atoms with Gasteiger partial charge in [-0.1, -0.05) is 0 Å². The lowest BCUT2D eigenvalue weighted by Crippen LogP contribution is -2.23. The molecule has 0 bridgehead atoms. The first-order valence-electron chi connectivity index (χ1n) is 3.82. The van der Waals surface area contributed by atoms with Gasteiger partial charge in [-0.2, -0.15) is 0 Å². The van der Waals surface area contributed by atoms with Crippen LogP contribution in [0.15, 0.2) is 12.5 Å². The molecule has 6 nitrogen and oxygen atoms in total. The van der Waals surface area contributed by atoms with Gasteiger partial charge in [0.25, 0.3) is 0 Å². The van der Waals surface area contributed by atoms with E-state index in [4.69, 9.17) is 15.9 Å². The predicted molar refractivity (Wildman–Crippen MR) is 48.0 cm³/mol. The number of nitrogens with one attached hydrogen (secondary N) is 1. The summed E-state index contributed by atoms with van der Waals surface area (Å²) >= 11 is 0. The fourth-order valence-electron chi connectivity index (χ4n) is 0.767. The van der Waals surface area contributed by atoms with Crippen molar-refractivity contribution in [2.24, 2.45) is 0 Å². The number of anilines is 2. The summed E-state index contributed by atoms with van der Waals surface area (Å²) in [5.74, 6) is 0.461. The third kappa shape index (κ3) is 2.85. The maximum atomic E-state index is 9.01. The smallest absolute Gasteiger partial charge is 0.152 e. The van der Waals surface area contributed by atoms with Gasteiger partial charge < -0.3 is 21.3 Å². The molecule has 0 aliphatic rings. The Morgan fingerprint density at radius 1 is 1.62 bits per heavy atom. The summed E-state index contributed by atoms with van der Waals surface area (Å²) in [5.41, 5.74) is 5.93. The van der Waals surface area contributed by atoms with Crippen LogP contribution >= 0.6 is 0 Å². The van der Waals surface area contributed by atoms with Gasteiger partial charge >= 0.3 is 0 Å². The molecule has 1 rings (SSSR count). The Morgan fingerprint density at radius 3 is 3.00 bits per heavy atom. The third-order valence-corrected chi connectivity index (χ3v) is 1.46. The number of aromatic nitrogens is 2. The van der Waals surface area contributed by atoms with E-state index in [1.54, 1.807) is 0 Å². The second kappa shape index (κ2) is 4.58. The van der Waals surface area contributed by atoms with Crippen molar-refractivity contribution in [1.29, 1.82) is 0 Å². The van der Waals surface area contributed by atoms with Crippen molar-refractivity contribution in [3.8, 4) is 0 Å². The molecule has 5 N–H and O–H groups in total. The topological polar surface area (TPSA) is 104 Å². The van der Waals surface area contributed by atoms with E-state index in [1.165, 1.54) is 12.5 Å². The van der Waals surface area contributed by atoms with Gasteiger partial charge in [0.15, 0.2) is 5.82 Å². The number of aliphatic hydroxyl groups is 2. The first-order chi connectivity index (χ1) is 6.24. The van der Waals surface area contributed by atoms with Gasteiger partial charge in [-0.15, -0.1) is 0 Å². The normalized spacial score (nSPS) is 12.5. The monoisotopic (exact) mass is 184 g/mol. The molecule has 0 radical (unpaired) electrons. The van der Waals surface area contributed by atoms with Crippen LogP contribution in [0.1, 0.15) is 0 Å². The van der Waals surface area contributed by atoms with Gasteiger partial charge in [0.2, 0.25) is 0 Å². The molecule has 0 saturated heterocycles. The molecule has 0 aliphatic carbocycles. The number of nitrogens with two attached hydrogens (primary N) is 1. The average Bonchev–Trinajstić information content (AvgIpc) is 2.16. The van der Waals surface area contributed by atoms with Crippen molar-refractivity contribution in [1.82, 2.24) is 9.97 Å². The van der Waals surface area contributed by atoms with Crippen LogP contribution in [0.25, 0.3) is 0 Å². The van der Waals surface area contributed by atoms with Crippen LogP contribution in [0.5, 0.6) is 0 Å². The summed E-state index contributed by atoms with van der Waals surface area (Å²) in [5, 5.41) is 20.3. The SMILES string of the molecule is Nc1cncnc1NC[C@@H](O)CO. The largest absolute Gasteiger partial charge is 0.394 e. The van der Waals surface area contributed by atoms with Crippen LogP contribution in [0.3, 0.4) is 0 Å². The van der Waals surface area contributed by atoms with E-state index in [2.05, 4.69) is 15.3 Å². The number of hydrogen-bond acceptors (Lipinski definition) is 6. The molecule has 6 heteroatoms. The Bertz CT molecular complexity index is 268. The molecule has 1 atom stereocenters. The van der Waals surface area contributed by atoms with Gasteiger partial charge in [-0.25, -0.2) is 9.97 Å². The van der Waals surface area contributed by atoms with E-state index in [-0.39, 0.29) is 13.2 Å². The lowest BCUT2D eigenvalue weighted by atomic mass is 10.3. The number of rotatable bonds is 4. The van der Waals surface area contributed by atoms with Gasteiger partial charge in [0.1, 0.15) is 6.33 Å². The summed E-state index contributed by atoms with van der Waals surface area (Å²) in [6, 6.07) is 0. The van der Waals surface area contributed by atoms with Crippen molar-refractivity contribution in [2.75, 3.05) is 24.2 Å². The summed E-state index contributed by atoms with van der Waals surface area (Å²) in [4.78, 5) is 7.55. The van der Waals surface area contributed by atoms with Gasteiger partial charge in [-0.05, 0) is 0 Å². The Hall–Kier alpha value is -1.40. The maximum Gasteiger partial charge on any atom is 0.152 e. The molecule has 1 aromatic heterocycles. The molecule has 0 spiro atoms. The highest BCUT2D eigenvalue weighted by atomic mass is 16.3. The number of nitrogen functional groups attached to an aromatic ring is 1. The summed E-state index contributed by atoms with van der Waals surface area (Å²) in [7, 11) is 0. The van der Waals surface area contributed by atoms with Crippen molar-refractivity contribution in [3.63, 3.8) is 0 Å². The average molecular weight is 184 g/mol. The first-order valence-corrected chi connectivity index (χ1v) is 3.82. The Morgan fingerprint density at radius 2 is 2.38 bits per heavy atom. The zero-order valence-corrected chi connectivity index (χ0v) is 7.01. The zero-order valence-electron chi connectivity index (χ0n) is 7.01. The second-order valence-electron chi connectivity index (χ2n) is 2.54. The summed E-state index contributed by atoms with van der Waals surface area (Å²) < 4.78 is 0. The standard InChI is InChI=1S/C7H12N4O2/c8-6-2-9-4-11-7(6)10-1-5(13)3-12/h2,4-5,12-13H,1,3,8H2,(H,9,10,11)/t5-/m1/s1. The zero-order chi connectivity index (χ0) is 9.68. The lowest BCUT2D eigenvalue weighted by Gasteiger charge is -2.10. The molecule has 13 heavy (non-hydrogen) atoms. The van der Waals surface area contributed by atoms with E-state index in [9.17, 15) is 0 Å². The Kier molecular flexibility index (Phi) is 3.41. The van der Waals surface area contributed by atoms with Crippen LogP contribution in [0.2, 0.25) is 0 Å². The van der Waals surface area contributed by atoms with Crippen LogP contribution in [0.4, 0.5) is 11.5 Å². The van der Waals surface area contributed by atoms with E-state index in [0.717, 1.165) is 0 Å². The van der Waals surface area contributed by atoms with E-state index in [1.807, 2.05) is 0 Å². The number of aliphatic hydroxyl groups excluding tert-OH is 2. The van der Waals surface area contributed by atoms with E-state index < -0.39 is 6.10 Å². The number of hydrogen-bond donors (Lipinski definition) is 4. The van der Waals surface area contributed by atoms with Gasteiger partial charge in [0, 0.05) is 6.54 Å². The number of nitrogens with zero attached hydrogens (tertiary/aromatic N) is 2. The Labute approximate surface area is 75.4 Å². The van der Waals surface area contributed by atoms with Crippen LogP contribution in [0, 0.1) is 0 Å². The molecule has 72 valence electrons. The molecule has 0 saturated carbocycles. The van der Waals surface area contributed by atoms with Gasteiger partial charge in [-0.3, -0.25) is 0 Å². The molecule has 1 aromatic rings. The fraction of sp³-hybridized carbons (Fsp3) is 0.429. The van der Waals surface area contributed by atoms with Crippen molar-refractivity contribution < 1.29 is 10.2 Å². The molecular weight excluding hydrogens is 172 g/mol. The van der Waals surface area contributed by atoms with Crippen LogP contribution in [-0.2, 0) is 0 Å². The molecule has 0 amide bonds. The van der Waals surface area contributed by atoms with Crippen molar-refractivity contribution in [3.05, 3.63) is 12.5 Å². The minimum Gasteiger partial charge on any atom is -0.394 e. The minimum absolute atomic E-state index is 0.206. The highest BCUT2D eigenvalue weighted by molar-refractivity contribution is 5.58. The van der Waals surface area contributed by atoms with Crippen LogP contribution in [-0.4, -0.2) is 39.4 Å². The highest BCUT2D eigenvalue weighted by Crippen LogP contribution is 2.10. The molecule has 0 aromatic carbocycles. The maximum absolute atomic E-state index is 9.01.